The number of pyridine rings is 2. The topological polar surface area (TPSA) is 75.4 Å². The van der Waals surface area contributed by atoms with Crippen molar-refractivity contribution in [3.8, 4) is 0 Å². The van der Waals surface area contributed by atoms with Gasteiger partial charge in [0.05, 0.1) is 6.54 Å². The van der Waals surface area contributed by atoms with E-state index in [9.17, 15) is 14.7 Å². The van der Waals surface area contributed by atoms with Gasteiger partial charge in [0, 0.05) is 36.1 Å². The molecule has 1 aromatic carbocycles. The highest BCUT2D eigenvalue weighted by Crippen LogP contribution is 2.32. The number of amides is 1. The Labute approximate surface area is 156 Å². The molecule has 0 radical (unpaired) electrons. The van der Waals surface area contributed by atoms with Gasteiger partial charge < -0.3 is 14.6 Å². The minimum absolute atomic E-state index is 0.174. The predicted molar refractivity (Wildman–Crippen MR) is 102 cm³/mol. The Morgan fingerprint density at radius 1 is 1.22 bits per heavy atom. The van der Waals surface area contributed by atoms with E-state index in [0.717, 1.165) is 5.39 Å². The molecule has 0 aliphatic carbocycles. The molecular formula is C21H21N3O3. The summed E-state index contributed by atoms with van der Waals surface area (Å²) in [6.07, 6.45) is 5.39. The van der Waals surface area contributed by atoms with Crippen LogP contribution in [0.3, 0.4) is 0 Å². The summed E-state index contributed by atoms with van der Waals surface area (Å²) >= 11 is 0. The highest BCUT2D eigenvalue weighted by Gasteiger charge is 2.41. The summed E-state index contributed by atoms with van der Waals surface area (Å²) in [5.74, 6) is -0.174. The molecule has 4 rings (SSSR count). The lowest BCUT2D eigenvalue weighted by Crippen LogP contribution is -2.40. The van der Waals surface area contributed by atoms with Gasteiger partial charge in [-0.3, -0.25) is 14.6 Å². The van der Waals surface area contributed by atoms with Crippen LogP contribution in [0.2, 0.25) is 0 Å². The zero-order valence-corrected chi connectivity index (χ0v) is 15.1. The van der Waals surface area contributed by atoms with Gasteiger partial charge in [-0.15, -0.1) is 0 Å². The largest absolute Gasteiger partial charge is 0.383 e. The van der Waals surface area contributed by atoms with Crippen molar-refractivity contribution >= 4 is 16.7 Å². The average molecular weight is 363 g/mol. The first-order valence-corrected chi connectivity index (χ1v) is 9.01. The highest BCUT2D eigenvalue weighted by atomic mass is 16.3. The Morgan fingerprint density at radius 2 is 2.04 bits per heavy atom. The molecule has 6 nitrogen and oxygen atoms in total. The average Bonchev–Trinajstić information content (AvgIpc) is 3.11. The van der Waals surface area contributed by atoms with Crippen LogP contribution < -0.4 is 5.56 Å². The molecule has 2 atom stereocenters. The van der Waals surface area contributed by atoms with Crippen molar-refractivity contribution in [2.24, 2.45) is 0 Å². The van der Waals surface area contributed by atoms with Crippen LogP contribution in [0.1, 0.15) is 24.9 Å². The van der Waals surface area contributed by atoms with Crippen molar-refractivity contribution in [2.75, 3.05) is 13.1 Å². The molecule has 3 heterocycles. The van der Waals surface area contributed by atoms with Crippen LogP contribution in [-0.4, -0.2) is 38.6 Å². The Kier molecular flexibility index (Phi) is 4.28. The summed E-state index contributed by atoms with van der Waals surface area (Å²) in [6.45, 7) is 2.36. The molecule has 2 unspecified atom stereocenters. The molecule has 1 aliphatic rings. The molecule has 1 amide bonds. The van der Waals surface area contributed by atoms with Crippen LogP contribution in [-0.2, 0) is 10.4 Å². The van der Waals surface area contributed by atoms with Crippen LogP contribution in [0.4, 0.5) is 0 Å². The van der Waals surface area contributed by atoms with Crippen LogP contribution in [0.5, 0.6) is 0 Å². The molecule has 27 heavy (non-hydrogen) atoms. The molecular weight excluding hydrogens is 342 g/mol. The molecule has 1 N–H and O–H groups in total. The molecule has 0 bridgehead atoms. The summed E-state index contributed by atoms with van der Waals surface area (Å²) < 4.78 is 1.46. The monoisotopic (exact) mass is 363 g/mol. The second-order valence-electron chi connectivity index (χ2n) is 7.07. The first-order chi connectivity index (χ1) is 13.0. The van der Waals surface area contributed by atoms with E-state index in [1.54, 1.807) is 42.5 Å². The van der Waals surface area contributed by atoms with E-state index in [2.05, 4.69) is 4.98 Å². The van der Waals surface area contributed by atoms with Gasteiger partial charge in [0.15, 0.2) is 0 Å². The van der Waals surface area contributed by atoms with Gasteiger partial charge in [0.25, 0.3) is 5.56 Å². The van der Waals surface area contributed by atoms with E-state index in [0.29, 0.717) is 23.9 Å². The zero-order chi connectivity index (χ0) is 19.0. The van der Waals surface area contributed by atoms with Gasteiger partial charge in [-0.2, -0.15) is 0 Å². The fourth-order valence-corrected chi connectivity index (χ4v) is 3.75. The summed E-state index contributed by atoms with van der Waals surface area (Å²) in [6, 6.07) is 12.1. The number of β-amino-alcohol motifs (C(OH)–C–C–N with tert-alkyl or cyclic N) is 1. The maximum absolute atomic E-state index is 13.0. The molecule has 6 heteroatoms. The quantitative estimate of drug-likeness (QED) is 0.773. The summed E-state index contributed by atoms with van der Waals surface area (Å²) in [5.41, 5.74) is -0.579. The van der Waals surface area contributed by atoms with E-state index in [1.165, 1.54) is 4.57 Å². The fraction of sp³-hybridized carbons (Fsp3) is 0.286. The Morgan fingerprint density at radius 3 is 2.81 bits per heavy atom. The van der Waals surface area contributed by atoms with Crippen molar-refractivity contribution in [1.82, 2.24) is 14.5 Å². The number of likely N-dealkylation sites (tertiary alicyclic amines) is 1. The van der Waals surface area contributed by atoms with E-state index in [4.69, 9.17) is 0 Å². The summed E-state index contributed by atoms with van der Waals surface area (Å²) in [5, 5.41) is 12.4. The molecule has 2 aromatic heterocycles. The van der Waals surface area contributed by atoms with Crippen LogP contribution in [0.15, 0.2) is 65.8 Å². The number of hydrogen-bond donors (Lipinski definition) is 1. The number of carbonyl (C=O) groups is 1. The number of rotatable bonds is 3. The molecule has 0 saturated carbocycles. The molecule has 1 saturated heterocycles. The predicted octanol–water partition coefficient (Wildman–Crippen LogP) is 2.08. The second kappa shape index (κ2) is 6.63. The van der Waals surface area contributed by atoms with Gasteiger partial charge in [-0.25, -0.2) is 0 Å². The van der Waals surface area contributed by atoms with Gasteiger partial charge in [0.2, 0.25) is 5.91 Å². The SMILES string of the molecule is CC(C(=O)N1CCC(O)(c2cccnc2)C1)n1ccc2ccccc2c1=O. The molecule has 0 spiro atoms. The second-order valence-corrected chi connectivity index (χ2v) is 7.07. The molecule has 1 aliphatic heterocycles. The lowest BCUT2D eigenvalue weighted by Gasteiger charge is -2.26. The smallest absolute Gasteiger partial charge is 0.259 e. The van der Waals surface area contributed by atoms with Gasteiger partial charge in [-0.05, 0) is 36.9 Å². The van der Waals surface area contributed by atoms with E-state index >= 15 is 0 Å². The number of benzene rings is 1. The van der Waals surface area contributed by atoms with Crippen molar-refractivity contribution in [1.29, 1.82) is 0 Å². The third-order valence-corrected chi connectivity index (χ3v) is 5.37. The minimum Gasteiger partial charge on any atom is -0.383 e. The van der Waals surface area contributed by atoms with Crippen molar-refractivity contribution in [2.45, 2.75) is 25.0 Å². The van der Waals surface area contributed by atoms with E-state index in [1.807, 2.05) is 30.3 Å². The standard InChI is InChI=1S/C21H21N3O3/c1-15(24-11-8-16-5-2-3-7-18(16)20(24)26)19(25)23-12-9-21(27,14-23)17-6-4-10-22-13-17/h2-8,10-11,13,15,27H,9,12,14H2,1H3. The van der Waals surface area contributed by atoms with Crippen LogP contribution >= 0.6 is 0 Å². The first-order valence-electron chi connectivity index (χ1n) is 9.01. The summed E-state index contributed by atoms with van der Waals surface area (Å²) in [4.78, 5) is 31.4. The third kappa shape index (κ3) is 3.02. The number of aliphatic hydroxyl groups is 1. The van der Waals surface area contributed by atoms with E-state index < -0.39 is 11.6 Å². The minimum atomic E-state index is -1.10. The maximum Gasteiger partial charge on any atom is 0.259 e. The van der Waals surface area contributed by atoms with Crippen molar-refractivity contribution in [3.05, 3.63) is 77.0 Å². The number of carbonyl (C=O) groups excluding carboxylic acids is 1. The zero-order valence-electron chi connectivity index (χ0n) is 15.1. The van der Waals surface area contributed by atoms with Crippen molar-refractivity contribution < 1.29 is 9.90 Å². The number of aromatic nitrogens is 2. The maximum atomic E-state index is 13.0. The number of fused-ring (bicyclic) bond motifs is 1. The highest BCUT2D eigenvalue weighted by molar-refractivity contribution is 5.83. The first kappa shape index (κ1) is 17.4. The van der Waals surface area contributed by atoms with Crippen LogP contribution in [0, 0.1) is 0 Å². The van der Waals surface area contributed by atoms with Crippen molar-refractivity contribution in [3.63, 3.8) is 0 Å². The Bertz CT molecular complexity index is 1050. The Balaban J connectivity index is 1.59. The normalized spacial score (nSPS) is 20.7. The van der Waals surface area contributed by atoms with Gasteiger partial charge >= 0.3 is 0 Å². The molecule has 3 aromatic rings. The third-order valence-electron chi connectivity index (χ3n) is 5.37. The molecule has 1 fully saturated rings. The summed E-state index contributed by atoms with van der Waals surface area (Å²) in [7, 11) is 0. The fourth-order valence-electron chi connectivity index (χ4n) is 3.75. The van der Waals surface area contributed by atoms with Crippen LogP contribution in [0.25, 0.3) is 10.8 Å². The lowest BCUT2D eigenvalue weighted by atomic mass is 9.95. The number of hydrogen-bond acceptors (Lipinski definition) is 4. The van der Waals surface area contributed by atoms with Gasteiger partial charge in [0.1, 0.15) is 11.6 Å². The lowest BCUT2D eigenvalue weighted by molar-refractivity contribution is -0.134. The van der Waals surface area contributed by atoms with E-state index in [-0.39, 0.29) is 18.0 Å². The Hall–Kier alpha value is -2.99. The van der Waals surface area contributed by atoms with Gasteiger partial charge in [-0.1, -0.05) is 24.3 Å². The molecule has 138 valence electrons. The number of nitrogens with zero attached hydrogens (tertiary/aromatic N) is 3.